The monoisotopic (exact) mass is 264 g/mol. The fourth-order valence-electron chi connectivity index (χ4n) is 1.83. The molecule has 0 atom stereocenters. The van der Waals surface area contributed by atoms with Gasteiger partial charge in [0.25, 0.3) is 0 Å². The number of hydrogen-bond acceptors (Lipinski definition) is 2. The van der Waals surface area contributed by atoms with Crippen LogP contribution in [0.5, 0.6) is 0 Å². The Morgan fingerprint density at radius 3 is 2.72 bits per heavy atom. The number of benzene rings is 1. The van der Waals surface area contributed by atoms with Crippen LogP contribution in [0, 0.1) is 6.92 Å². The van der Waals surface area contributed by atoms with E-state index in [0.29, 0.717) is 17.3 Å². The maximum atomic E-state index is 11.1. The lowest BCUT2D eigenvalue weighted by atomic mass is 10.1. The molecule has 0 aliphatic carbocycles. The number of carbonyl (C=O) groups is 1. The van der Waals surface area contributed by atoms with Crippen LogP contribution in [0.25, 0.3) is 11.3 Å². The van der Waals surface area contributed by atoms with Gasteiger partial charge in [-0.05, 0) is 37.6 Å². The Hall–Kier alpha value is -1.81. The van der Waals surface area contributed by atoms with Crippen molar-refractivity contribution in [3.05, 3.63) is 40.5 Å². The molecule has 94 valence electrons. The molecule has 0 aliphatic rings. The Labute approximate surface area is 110 Å². The Bertz CT molecular complexity index is 605. The zero-order valence-electron chi connectivity index (χ0n) is 10.1. The average Bonchev–Trinajstić information content (AvgIpc) is 2.76. The number of aromatic carboxylic acids is 1. The summed E-state index contributed by atoms with van der Waals surface area (Å²) >= 11 is 5.96. The molecular weight excluding hydrogens is 252 g/mol. The van der Waals surface area contributed by atoms with Gasteiger partial charge in [-0.25, -0.2) is 4.79 Å². The Balaban J connectivity index is 2.57. The van der Waals surface area contributed by atoms with Crippen molar-refractivity contribution < 1.29 is 9.90 Å². The summed E-state index contributed by atoms with van der Waals surface area (Å²) in [5.41, 5.74) is 2.69. The summed E-state index contributed by atoms with van der Waals surface area (Å²) in [6, 6.07) is 7.06. The fourth-order valence-corrected chi connectivity index (χ4v) is 2.00. The van der Waals surface area contributed by atoms with Crippen molar-refractivity contribution in [2.45, 2.75) is 20.4 Å². The van der Waals surface area contributed by atoms with E-state index >= 15 is 0 Å². The number of nitrogens with zero attached hydrogens (tertiary/aromatic N) is 2. The second-order valence-corrected chi connectivity index (χ2v) is 4.43. The van der Waals surface area contributed by atoms with Crippen molar-refractivity contribution in [1.29, 1.82) is 0 Å². The summed E-state index contributed by atoms with van der Waals surface area (Å²) in [6.07, 6.45) is 0. The minimum atomic E-state index is -0.977. The van der Waals surface area contributed by atoms with E-state index in [1.54, 1.807) is 18.2 Å². The van der Waals surface area contributed by atoms with E-state index in [1.165, 1.54) is 4.68 Å². The molecule has 0 saturated heterocycles. The standard InChI is InChI=1S/C13H13ClN2O2/c1-3-16-12(13(17)18)7-11(15-16)10-6-9(14)5-4-8(10)2/h4-7H,3H2,1-2H3,(H,17,18). The number of carboxylic acids is 1. The second-order valence-electron chi connectivity index (χ2n) is 3.99. The van der Waals surface area contributed by atoms with Gasteiger partial charge in [-0.3, -0.25) is 4.68 Å². The molecule has 1 aromatic heterocycles. The highest BCUT2D eigenvalue weighted by molar-refractivity contribution is 6.30. The van der Waals surface area contributed by atoms with Crippen LogP contribution in [-0.4, -0.2) is 20.9 Å². The van der Waals surface area contributed by atoms with Gasteiger partial charge in [-0.1, -0.05) is 17.7 Å². The Morgan fingerprint density at radius 1 is 1.44 bits per heavy atom. The second kappa shape index (κ2) is 4.82. The van der Waals surface area contributed by atoms with Crippen LogP contribution in [0.3, 0.4) is 0 Å². The summed E-state index contributed by atoms with van der Waals surface area (Å²) in [5.74, 6) is -0.977. The molecule has 5 heteroatoms. The lowest BCUT2D eigenvalue weighted by Crippen LogP contribution is -2.08. The van der Waals surface area contributed by atoms with Crippen LogP contribution in [0.15, 0.2) is 24.3 Å². The average molecular weight is 265 g/mol. The third-order valence-electron chi connectivity index (χ3n) is 2.77. The molecule has 0 radical (unpaired) electrons. The number of rotatable bonds is 3. The number of hydrogen-bond donors (Lipinski definition) is 1. The molecule has 1 heterocycles. The van der Waals surface area contributed by atoms with Gasteiger partial charge in [0.05, 0.1) is 5.69 Å². The zero-order chi connectivity index (χ0) is 13.3. The topological polar surface area (TPSA) is 55.1 Å². The summed E-state index contributed by atoms with van der Waals surface area (Å²) in [6.45, 7) is 4.31. The molecule has 1 N–H and O–H groups in total. The van der Waals surface area contributed by atoms with Gasteiger partial charge in [0.1, 0.15) is 5.69 Å². The number of halogens is 1. The summed E-state index contributed by atoms with van der Waals surface area (Å²) < 4.78 is 1.47. The van der Waals surface area contributed by atoms with Crippen molar-refractivity contribution in [1.82, 2.24) is 9.78 Å². The molecular formula is C13H13ClN2O2. The predicted octanol–water partition coefficient (Wildman–Crippen LogP) is 3.23. The highest BCUT2D eigenvalue weighted by Gasteiger charge is 2.15. The van der Waals surface area contributed by atoms with Crippen molar-refractivity contribution >= 4 is 17.6 Å². The molecule has 0 unspecified atom stereocenters. The van der Waals surface area contributed by atoms with Crippen LogP contribution < -0.4 is 0 Å². The van der Waals surface area contributed by atoms with E-state index in [2.05, 4.69) is 5.10 Å². The first-order valence-electron chi connectivity index (χ1n) is 5.60. The van der Waals surface area contributed by atoms with Gasteiger partial charge in [-0.15, -0.1) is 0 Å². The summed E-state index contributed by atoms with van der Waals surface area (Å²) in [7, 11) is 0. The quantitative estimate of drug-likeness (QED) is 0.926. The van der Waals surface area contributed by atoms with E-state index in [9.17, 15) is 4.79 Å². The van der Waals surface area contributed by atoms with Crippen LogP contribution in [0.4, 0.5) is 0 Å². The molecule has 0 fully saturated rings. The minimum absolute atomic E-state index is 0.187. The van der Waals surface area contributed by atoms with Crippen molar-refractivity contribution in [3.8, 4) is 11.3 Å². The predicted molar refractivity (Wildman–Crippen MR) is 70.0 cm³/mol. The Morgan fingerprint density at radius 2 is 2.17 bits per heavy atom. The highest BCUT2D eigenvalue weighted by atomic mass is 35.5. The van der Waals surface area contributed by atoms with Gasteiger partial charge in [0, 0.05) is 17.1 Å². The molecule has 0 amide bonds. The molecule has 0 aliphatic heterocycles. The minimum Gasteiger partial charge on any atom is -0.477 e. The van der Waals surface area contributed by atoms with Gasteiger partial charge < -0.3 is 5.11 Å². The molecule has 4 nitrogen and oxygen atoms in total. The maximum absolute atomic E-state index is 11.1. The summed E-state index contributed by atoms with van der Waals surface area (Å²) in [4.78, 5) is 11.1. The lowest BCUT2D eigenvalue weighted by Gasteiger charge is -2.02. The summed E-state index contributed by atoms with van der Waals surface area (Å²) in [5, 5.41) is 14.0. The number of aryl methyl sites for hydroxylation is 2. The SMILES string of the molecule is CCn1nc(-c2cc(Cl)ccc2C)cc1C(=O)O. The molecule has 0 saturated carbocycles. The van der Waals surface area contributed by atoms with E-state index in [-0.39, 0.29) is 5.69 Å². The van der Waals surface area contributed by atoms with Gasteiger partial charge in [0.15, 0.2) is 0 Å². The molecule has 1 aromatic carbocycles. The van der Waals surface area contributed by atoms with Crippen LogP contribution in [0.2, 0.25) is 5.02 Å². The van der Waals surface area contributed by atoms with Crippen molar-refractivity contribution in [2.75, 3.05) is 0 Å². The van der Waals surface area contributed by atoms with Gasteiger partial charge >= 0.3 is 5.97 Å². The first-order valence-corrected chi connectivity index (χ1v) is 5.98. The van der Waals surface area contributed by atoms with Gasteiger partial charge in [0.2, 0.25) is 0 Å². The van der Waals surface area contributed by atoms with E-state index in [1.807, 2.05) is 19.9 Å². The zero-order valence-corrected chi connectivity index (χ0v) is 10.9. The first-order chi connectivity index (χ1) is 8.52. The van der Waals surface area contributed by atoms with Gasteiger partial charge in [-0.2, -0.15) is 5.10 Å². The lowest BCUT2D eigenvalue weighted by molar-refractivity contribution is 0.0683. The third-order valence-corrected chi connectivity index (χ3v) is 3.01. The molecule has 0 bridgehead atoms. The third kappa shape index (κ3) is 2.24. The number of aromatic nitrogens is 2. The first kappa shape index (κ1) is 12.6. The largest absolute Gasteiger partial charge is 0.477 e. The highest BCUT2D eigenvalue weighted by Crippen LogP contribution is 2.26. The molecule has 18 heavy (non-hydrogen) atoms. The normalized spacial score (nSPS) is 10.6. The van der Waals surface area contributed by atoms with Crippen LogP contribution >= 0.6 is 11.6 Å². The fraction of sp³-hybridized carbons (Fsp3) is 0.231. The molecule has 0 spiro atoms. The van der Waals surface area contributed by atoms with E-state index in [0.717, 1.165) is 11.1 Å². The van der Waals surface area contributed by atoms with Crippen molar-refractivity contribution in [2.24, 2.45) is 0 Å². The van der Waals surface area contributed by atoms with Crippen molar-refractivity contribution in [3.63, 3.8) is 0 Å². The number of carboxylic acid groups (broad SMARTS) is 1. The smallest absolute Gasteiger partial charge is 0.354 e. The molecule has 2 aromatic rings. The van der Waals surface area contributed by atoms with Crippen LogP contribution in [-0.2, 0) is 6.54 Å². The van der Waals surface area contributed by atoms with Crippen LogP contribution in [0.1, 0.15) is 23.0 Å². The van der Waals surface area contributed by atoms with E-state index < -0.39 is 5.97 Å². The van der Waals surface area contributed by atoms with E-state index in [4.69, 9.17) is 16.7 Å². The maximum Gasteiger partial charge on any atom is 0.354 e. The Kier molecular flexibility index (Phi) is 3.39. The molecule has 2 rings (SSSR count).